The van der Waals surface area contributed by atoms with E-state index in [1.807, 2.05) is 30.3 Å². The molecule has 0 saturated carbocycles. The summed E-state index contributed by atoms with van der Waals surface area (Å²) >= 11 is 16.2. The van der Waals surface area contributed by atoms with Crippen molar-refractivity contribution in [2.24, 2.45) is 0 Å². The van der Waals surface area contributed by atoms with Crippen molar-refractivity contribution in [3.63, 3.8) is 0 Å². The van der Waals surface area contributed by atoms with Gasteiger partial charge in [0, 0.05) is 5.02 Å². The third-order valence-electron chi connectivity index (χ3n) is 5.08. The Balaban J connectivity index is 1.46. The molecule has 4 rings (SSSR count). The molecule has 1 amide bonds. The van der Waals surface area contributed by atoms with E-state index in [1.54, 1.807) is 50.6 Å². The van der Waals surface area contributed by atoms with E-state index in [-0.39, 0.29) is 12.5 Å². The molecule has 0 N–H and O–H groups in total. The van der Waals surface area contributed by atoms with Gasteiger partial charge in [0.2, 0.25) is 0 Å². The van der Waals surface area contributed by atoms with Crippen molar-refractivity contribution in [3.8, 4) is 23.0 Å². The molecule has 0 aliphatic carbocycles. The van der Waals surface area contributed by atoms with Gasteiger partial charge in [-0.2, -0.15) is 0 Å². The fourth-order valence-electron chi connectivity index (χ4n) is 3.43. The molecule has 10 heteroatoms. The van der Waals surface area contributed by atoms with E-state index in [4.69, 9.17) is 42.8 Å². The maximum absolute atomic E-state index is 13.1. The van der Waals surface area contributed by atoms with Crippen LogP contribution in [0.2, 0.25) is 5.02 Å². The Labute approximate surface area is 232 Å². The van der Waals surface area contributed by atoms with E-state index in [9.17, 15) is 4.79 Å². The molecule has 1 aliphatic heterocycles. The highest BCUT2D eigenvalue weighted by atomic mass is 79.9. The minimum atomic E-state index is -0.198. The molecule has 0 atom stereocenters. The lowest BCUT2D eigenvalue weighted by Crippen LogP contribution is -2.27. The van der Waals surface area contributed by atoms with E-state index in [0.717, 1.165) is 5.56 Å². The van der Waals surface area contributed by atoms with Crippen molar-refractivity contribution < 1.29 is 23.7 Å². The quantitative estimate of drug-likeness (QED) is 0.148. The number of benzene rings is 3. The Morgan fingerprint density at radius 1 is 0.972 bits per heavy atom. The number of ether oxygens (including phenoxy) is 4. The van der Waals surface area contributed by atoms with Crippen LogP contribution in [0.15, 0.2) is 70.0 Å². The van der Waals surface area contributed by atoms with Gasteiger partial charge < -0.3 is 18.9 Å². The van der Waals surface area contributed by atoms with Crippen molar-refractivity contribution >= 4 is 73.5 Å². The second kappa shape index (κ2) is 12.0. The van der Waals surface area contributed by atoms with Crippen LogP contribution >= 0.6 is 51.5 Å². The standard InChI is InChI=1S/C26H21BrClNO5S2/c1-31-20-5-3-4-6-21(20)33-11-12-34-24-19(27)13-16(14-22(24)32-2)15-23-25(30)29(26(35)36-23)18-9-7-17(28)8-10-18/h3-10,13-15H,11-12H2,1-2H3/b23-15+. The molecule has 1 heterocycles. The van der Waals surface area contributed by atoms with Crippen LogP contribution in [0.25, 0.3) is 6.08 Å². The van der Waals surface area contributed by atoms with Gasteiger partial charge in [0.1, 0.15) is 13.2 Å². The summed E-state index contributed by atoms with van der Waals surface area (Å²) in [7, 11) is 3.15. The van der Waals surface area contributed by atoms with Gasteiger partial charge in [-0.15, -0.1) is 0 Å². The van der Waals surface area contributed by atoms with Crippen molar-refractivity contribution in [3.05, 3.63) is 80.6 Å². The lowest BCUT2D eigenvalue weighted by Gasteiger charge is -2.15. The van der Waals surface area contributed by atoms with Gasteiger partial charge in [0.25, 0.3) is 5.91 Å². The molecular formula is C26H21BrClNO5S2. The summed E-state index contributed by atoms with van der Waals surface area (Å²) in [6.07, 6.45) is 1.77. The molecule has 6 nitrogen and oxygen atoms in total. The van der Waals surface area contributed by atoms with Crippen LogP contribution < -0.4 is 23.8 Å². The van der Waals surface area contributed by atoms with E-state index in [2.05, 4.69) is 15.9 Å². The third-order valence-corrected chi connectivity index (χ3v) is 7.23. The van der Waals surface area contributed by atoms with Crippen molar-refractivity contribution in [1.82, 2.24) is 0 Å². The van der Waals surface area contributed by atoms with Crippen LogP contribution in [0.4, 0.5) is 5.69 Å². The number of carbonyl (C=O) groups is 1. The normalized spacial score (nSPS) is 14.3. The average Bonchev–Trinajstić information content (AvgIpc) is 3.15. The van der Waals surface area contributed by atoms with Gasteiger partial charge in [0.15, 0.2) is 27.3 Å². The number of para-hydroxylation sites is 2. The molecule has 0 aromatic heterocycles. The molecule has 186 valence electrons. The van der Waals surface area contributed by atoms with Gasteiger partial charge >= 0.3 is 0 Å². The molecule has 0 radical (unpaired) electrons. The minimum absolute atomic E-state index is 0.198. The first-order valence-electron chi connectivity index (χ1n) is 10.7. The molecule has 0 bridgehead atoms. The largest absolute Gasteiger partial charge is 0.493 e. The third kappa shape index (κ3) is 5.98. The molecule has 3 aromatic rings. The van der Waals surface area contributed by atoms with Gasteiger partial charge in [-0.1, -0.05) is 47.7 Å². The van der Waals surface area contributed by atoms with Crippen LogP contribution in [-0.2, 0) is 4.79 Å². The average molecular weight is 607 g/mol. The number of rotatable bonds is 9. The monoisotopic (exact) mass is 605 g/mol. The fourth-order valence-corrected chi connectivity index (χ4v) is 5.43. The summed E-state index contributed by atoms with van der Waals surface area (Å²) in [4.78, 5) is 15.1. The predicted octanol–water partition coefficient (Wildman–Crippen LogP) is 6.98. The summed E-state index contributed by atoms with van der Waals surface area (Å²) in [6, 6.07) is 18.0. The highest BCUT2D eigenvalue weighted by Gasteiger charge is 2.33. The van der Waals surface area contributed by atoms with E-state index in [1.165, 1.54) is 16.7 Å². The van der Waals surface area contributed by atoms with Crippen LogP contribution in [0.5, 0.6) is 23.0 Å². The smallest absolute Gasteiger partial charge is 0.270 e. The SMILES string of the molecule is COc1ccccc1OCCOc1c(Br)cc(/C=C2/SC(=S)N(c3ccc(Cl)cc3)C2=O)cc1OC. The van der Waals surface area contributed by atoms with Gasteiger partial charge in [-0.25, -0.2) is 0 Å². The summed E-state index contributed by atoms with van der Waals surface area (Å²) in [5.74, 6) is 2.15. The highest BCUT2D eigenvalue weighted by Crippen LogP contribution is 2.40. The number of nitrogens with zero attached hydrogens (tertiary/aromatic N) is 1. The molecule has 1 aliphatic rings. The van der Waals surface area contributed by atoms with E-state index < -0.39 is 0 Å². The summed E-state index contributed by atoms with van der Waals surface area (Å²) in [5, 5.41) is 0.588. The van der Waals surface area contributed by atoms with Crippen molar-refractivity contribution in [2.45, 2.75) is 0 Å². The minimum Gasteiger partial charge on any atom is -0.493 e. The first-order valence-corrected chi connectivity index (χ1v) is 13.1. The number of thiocarbonyl (C=S) groups is 1. The zero-order valence-electron chi connectivity index (χ0n) is 19.3. The van der Waals surface area contributed by atoms with Crippen LogP contribution in [-0.4, -0.2) is 37.7 Å². The van der Waals surface area contributed by atoms with Gasteiger partial charge in [-0.3, -0.25) is 9.69 Å². The number of thioether (sulfide) groups is 1. The molecule has 1 fully saturated rings. The second-order valence-corrected chi connectivity index (χ2v) is 10.3. The molecule has 1 saturated heterocycles. The molecule has 36 heavy (non-hydrogen) atoms. The van der Waals surface area contributed by atoms with Crippen LogP contribution in [0.1, 0.15) is 5.56 Å². The summed E-state index contributed by atoms with van der Waals surface area (Å²) in [5.41, 5.74) is 1.43. The number of carbonyl (C=O) groups excluding carboxylic acids is 1. The summed E-state index contributed by atoms with van der Waals surface area (Å²) < 4.78 is 23.7. The zero-order chi connectivity index (χ0) is 25.7. The highest BCUT2D eigenvalue weighted by molar-refractivity contribution is 9.10. The van der Waals surface area contributed by atoms with Crippen LogP contribution in [0, 0.1) is 0 Å². The molecular weight excluding hydrogens is 586 g/mol. The van der Waals surface area contributed by atoms with E-state index >= 15 is 0 Å². The first-order chi connectivity index (χ1) is 17.4. The Bertz CT molecular complexity index is 1320. The molecule has 0 unspecified atom stereocenters. The van der Waals surface area contributed by atoms with Crippen LogP contribution in [0.3, 0.4) is 0 Å². The molecule has 0 spiro atoms. The van der Waals surface area contributed by atoms with Gasteiger partial charge in [-0.05, 0) is 76.1 Å². The first kappa shape index (κ1) is 26.3. The molecule has 3 aromatic carbocycles. The number of hydrogen-bond acceptors (Lipinski definition) is 7. The zero-order valence-corrected chi connectivity index (χ0v) is 23.3. The maximum Gasteiger partial charge on any atom is 0.270 e. The van der Waals surface area contributed by atoms with Crippen molar-refractivity contribution in [1.29, 1.82) is 0 Å². The van der Waals surface area contributed by atoms with Crippen molar-refractivity contribution in [2.75, 3.05) is 32.3 Å². The Morgan fingerprint density at radius 3 is 2.33 bits per heavy atom. The number of halogens is 2. The predicted molar refractivity (Wildman–Crippen MR) is 152 cm³/mol. The topological polar surface area (TPSA) is 57.2 Å². The summed E-state index contributed by atoms with van der Waals surface area (Å²) in [6.45, 7) is 0.594. The number of amides is 1. The number of methoxy groups -OCH3 is 2. The lowest BCUT2D eigenvalue weighted by atomic mass is 10.1. The fraction of sp³-hybridized carbons (Fsp3) is 0.154. The Hall–Kier alpha value is -2.72. The maximum atomic E-state index is 13.1. The lowest BCUT2D eigenvalue weighted by molar-refractivity contribution is -0.113. The number of anilines is 1. The Morgan fingerprint density at radius 2 is 1.64 bits per heavy atom. The Kier molecular flexibility index (Phi) is 8.79. The van der Waals surface area contributed by atoms with Gasteiger partial charge in [0.05, 0.1) is 29.3 Å². The van der Waals surface area contributed by atoms with E-state index in [0.29, 0.717) is 54.0 Å². The second-order valence-electron chi connectivity index (χ2n) is 7.38. The number of hydrogen-bond donors (Lipinski definition) is 0.